The van der Waals surface area contributed by atoms with Gasteiger partial charge >= 0.3 is 0 Å². The number of hydrogen-bond donors (Lipinski definition) is 0. The molecule has 0 aliphatic rings. The van der Waals surface area contributed by atoms with Gasteiger partial charge in [-0.05, 0) is 41.1 Å². The zero-order valence-electron chi connectivity index (χ0n) is 9.59. The number of nitrogens with zero attached hydrogens (tertiary/aromatic N) is 1. The quantitative estimate of drug-likeness (QED) is 0.621. The van der Waals surface area contributed by atoms with Crippen LogP contribution < -0.4 is 4.74 Å². The summed E-state index contributed by atoms with van der Waals surface area (Å²) in [6, 6.07) is 12.0. The van der Waals surface area contributed by atoms with E-state index in [0.717, 1.165) is 5.56 Å². The van der Waals surface area contributed by atoms with Crippen LogP contribution >= 0.6 is 15.9 Å². The van der Waals surface area contributed by atoms with Crippen molar-refractivity contribution in [3.8, 4) is 11.5 Å². The first kappa shape index (κ1) is 12.6. The molecule has 0 saturated carbocycles. The van der Waals surface area contributed by atoms with Gasteiger partial charge in [0.15, 0.2) is 0 Å². The van der Waals surface area contributed by atoms with E-state index in [1.807, 2.05) is 31.2 Å². The zero-order valence-corrected chi connectivity index (χ0v) is 11.2. The first-order chi connectivity index (χ1) is 8.56. The Balaban J connectivity index is 2.24. The second kappa shape index (κ2) is 5.18. The molecule has 92 valence electrons. The van der Waals surface area contributed by atoms with Crippen molar-refractivity contribution in [2.24, 2.45) is 0 Å². The molecule has 5 heteroatoms. The molecule has 0 bridgehead atoms. The molecule has 0 N–H and O–H groups in total. The van der Waals surface area contributed by atoms with Crippen molar-refractivity contribution in [2.45, 2.75) is 6.92 Å². The molecule has 0 saturated heterocycles. The molecule has 0 heterocycles. The van der Waals surface area contributed by atoms with Crippen molar-refractivity contribution in [2.75, 3.05) is 0 Å². The number of nitro benzene ring substituents is 1. The molecular formula is C13H10BrNO3. The van der Waals surface area contributed by atoms with E-state index in [4.69, 9.17) is 4.74 Å². The molecule has 0 atom stereocenters. The summed E-state index contributed by atoms with van der Waals surface area (Å²) in [5.74, 6) is 1.24. The highest BCUT2D eigenvalue weighted by atomic mass is 79.9. The van der Waals surface area contributed by atoms with Crippen LogP contribution in [0, 0.1) is 17.0 Å². The number of benzene rings is 2. The van der Waals surface area contributed by atoms with Gasteiger partial charge in [-0.3, -0.25) is 10.1 Å². The van der Waals surface area contributed by atoms with Crippen LogP contribution in [-0.2, 0) is 0 Å². The second-order valence-electron chi connectivity index (χ2n) is 3.79. The van der Waals surface area contributed by atoms with Gasteiger partial charge in [0.25, 0.3) is 5.69 Å². The van der Waals surface area contributed by atoms with Crippen molar-refractivity contribution in [3.63, 3.8) is 0 Å². The average Bonchev–Trinajstić information content (AvgIpc) is 2.34. The number of halogens is 1. The summed E-state index contributed by atoms with van der Waals surface area (Å²) < 4.78 is 6.18. The van der Waals surface area contributed by atoms with E-state index in [0.29, 0.717) is 16.0 Å². The molecule has 0 amide bonds. The van der Waals surface area contributed by atoms with Crippen LogP contribution in [0.15, 0.2) is 46.9 Å². The van der Waals surface area contributed by atoms with Gasteiger partial charge < -0.3 is 4.74 Å². The maximum absolute atomic E-state index is 10.6. The van der Waals surface area contributed by atoms with Gasteiger partial charge in [0.05, 0.1) is 9.40 Å². The average molecular weight is 308 g/mol. The molecule has 0 aliphatic heterocycles. The summed E-state index contributed by atoms with van der Waals surface area (Å²) >= 11 is 3.26. The lowest BCUT2D eigenvalue weighted by atomic mass is 10.2. The van der Waals surface area contributed by atoms with E-state index < -0.39 is 4.92 Å². The maximum Gasteiger partial charge on any atom is 0.270 e. The van der Waals surface area contributed by atoms with Crippen LogP contribution in [0.2, 0.25) is 0 Å². The smallest absolute Gasteiger partial charge is 0.270 e. The first-order valence-electron chi connectivity index (χ1n) is 5.25. The minimum absolute atomic E-state index is 0.0260. The Hall–Kier alpha value is -1.88. The fraction of sp³-hybridized carbons (Fsp3) is 0.0769. The van der Waals surface area contributed by atoms with Gasteiger partial charge in [0.2, 0.25) is 0 Å². The van der Waals surface area contributed by atoms with Crippen LogP contribution in [0.5, 0.6) is 11.5 Å². The van der Waals surface area contributed by atoms with Crippen LogP contribution in [-0.4, -0.2) is 4.92 Å². The Bertz CT molecular complexity index is 581. The minimum atomic E-state index is -0.444. The first-order valence-corrected chi connectivity index (χ1v) is 6.04. The standard InChI is InChI=1S/C13H10BrNO3/c1-9-2-5-11(6-3-9)18-13-7-4-10(15(16)17)8-12(13)14/h2-8H,1H3. The van der Waals surface area contributed by atoms with Crippen molar-refractivity contribution < 1.29 is 9.66 Å². The van der Waals surface area contributed by atoms with Gasteiger partial charge in [-0.2, -0.15) is 0 Å². The molecule has 2 rings (SSSR count). The van der Waals surface area contributed by atoms with Crippen LogP contribution in [0.25, 0.3) is 0 Å². The third-order valence-electron chi connectivity index (χ3n) is 2.38. The molecule has 4 nitrogen and oxygen atoms in total. The molecule has 0 aromatic heterocycles. The van der Waals surface area contributed by atoms with Gasteiger partial charge in [-0.1, -0.05) is 17.7 Å². The third kappa shape index (κ3) is 2.87. The van der Waals surface area contributed by atoms with Crippen molar-refractivity contribution in [1.29, 1.82) is 0 Å². The number of aryl methyl sites for hydroxylation is 1. The Morgan fingerprint density at radius 3 is 2.39 bits per heavy atom. The predicted octanol–water partition coefficient (Wildman–Crippen LogP) is 4.46. The fourth-order valence-corrected chi connectivity index (χ4v) is 1.87. The van der Waals surface area contributed by atoms with Gasteiger partial charge in [-0.15, -0.1) is 0 Å². The summed E-state index contributed by atoms with van der Waals surface area (Å²) in [4.78, 5) is 10.2. The van der Waals surface area contributed by atoms with Crippen molar-refractivity contribution in [1.82, 2.24) is 0 Å². The third-order valence-corrected chi connectivity index (χ3v) is 2.99. The van der Waals surface area contributed by atoms with Gasteiger partial charge in [-0.25, -0.2) is 0 Å². The lowest BCUT2D eigenvalue weighted by Gasteiger charge is -2.07. The molecule has 0 radical (unpaired) electrons. The predicted molar refractivity (Wildman–Crippen MR) is 72.0 cm³/mol. The van der Waals surface area contributed by atoms with Gasteiger partial charge in [0, 0.05) is 12.1 Å². The Morgan fingerprint density at radius 1 is 1.17 bits per heavy atom. The highest BCUT2D eigenvalue weighted by Crippen LogP contribution is 2.32. The normalized spacial score (nSPS) is 10.1. The van der Waals surface area contributed by atoms with Crippen LogP contribution in [0.3, 0.4) is 0 Å². The Labute approximate surface area is 112 Å². The van der Waals surface area contributed by atoms with E-state index in [1.54, 1.807) is 6.07 Å². The molecule has 0 unspecified atom stereocenters. The molecule has 0 fully saturated rings. The molecule has 2 aromatic carbocycles. The van der Waals surface area contributed by atoms with Crippen molar-refractivity contribution in [3.05, 3.63) is 62.6 Å². The number of nitro groups is 1. The van der Waals surface area contributed by atoms with E-state index in [-0.39, 0.29) is 5.69 Å². The lowest BCUT2D eigenvalue weighted by molar-refractivity contribution is -0.384. The fourth-order valence-electron chi connectivity index (χ4n) is 1.42. The minimum Gasteiger partial charge on any atom is -0.456 e. The van der Waals surface area contributed by atoms with Gasteiger partial charge in [0.1, 0.15) is 11.5 Å². The summed E-state index contributed by atoms with van der Waals surface area (Å²) in [5.41, 5.74) is 1.17. The summed E-state index contributed by atoms with van der Waals surface area (Å²) in [6.07, 6.45) is 0. The molecule has 0 aliphatic carbocycles. The van der Waals surface area contributed by atoms with Crippen molar-refractivity contribution >= 4 is 21.6 Å². The number of hydrogen-bond acceptors (Lipinski definition) is 3. The lowest BCUT2D eigenvalue weighted by Crippen LogP contribution is -1.90. The highest BCUT2D eigenvalue weighted by Gasteiger charge is 2.10. The van der Waals surface area contributed by atoms with E-state index in [2.05, 4.69) is 15.9 Å². The Morgan fingerprint density at radius 2 is 1.83 bits per heavy atom. The highest BCUT2D eigenvalue weighted by molar-refractivity contribution is 9.10. The topological polar surface area (TPSA) is 52.4 Å². The molecule has 2 aromatic rings. The van der Waals surface area contributed by atoms with E-state index in [9.17, 15) is 10.1 Å². The van der Waals surface area contributed by atoms with E-state index in [1.165, 1.54) is 12.1 Å². The summed E-state index contributed by atoms with van der Waals surface area (Å²) in [6.45, 7) is 1.99. The zero-order chi connectivity index (χ0) is 13.1. The second-order valence-corrected chi connectivity index (χ2v) is 4.64. The summed E-state index contributed by atoms with van der Waals surface area (Å²) in [5, 5.41) is 10.6. The molecule has 0 spiro atoms. The Kier molecular flexibility index (Phi) is 3.62. The van der Waals surface area contributed by atoms with E-state index >= 15 is 0 Å². The maximum atomic E-state index is 10.6. The molecule has 18 heavy (non-hydrogen) atoms. The number of non-ortho nitro benzene ring substituents is 1. The van der Waals surface area contributed by atoms with Crippen LogP contribution in [0.4, 0.5) is 5.69 Å². The summed E-state index contributed by atoms with van der Waals surface area (Å²) in [7, 11) is 0. The monoisotopic (exact) mass is 307 g/mol. The SMILES string of the molecule is Cc1ccc(Oc2ccc([N+](=O)[O-])cc2Br)cc1. The number of ether oxygens (including phenoxy) is 1. The molecular weight excluding hydrogens is 298 g/mol. The number of rotatable bonds is 3. The largest absolute Gasteiger partial charge is 0.456 e. The van der Waals surface area contributed by atoms with Crippen LogP contribution in [0.1, 0.15) is 5.56 Å².